The van der Waals surface area contributed by atoms with Crippen LogP contribution in [0.15, 0.2) is 18.2 Å². The Morgan fingerprint density at radius 1 is 1.42 bits per heavy atom. The first-order valence-electron chi connectivity index (χ1n) is 5.88. The maximum Gasteiger partial charge on any atom is 0.235 e. The number of hydrogen-bond donors (Lipinski definition) is 0. The molecule has 1 fully saturated rings. The molecule has 1 aromatic carbocycles. The van der Waals surface area contributed by atoms with Gasteiger partial charge in [-0.25, -0.2) is 4.39 Å². The molecule has 0 spiro atoms. The molecule has 98 valence electrons. The summed E-state index contributed by atoms with van der Waals surface area (Å²) < 4.78 is 13.7. The van der Waals surface area contributed by atoms with Crippen molar-refractivity contribution in [2.24, 2.45) is 5.41 Å². The van der Waals surface area contributed by atoms with Crippen LogP contribution in [0.5, 0.6) is 0 Å². The third-order valence-corrected chi connectivity index (χ3v) is 3.23. The molecule has 0 aromatic heterocycles. The summed E-state index contributed by atoms with van der Waals surface area (Å²) >= 11 is 0. The van der Waals surface area contributed by atoms with Crippen molar-refractivity contribution in [3.8, 4) is 6.07 Å². The number of halogens is 1. The van der Waals surface area contributed by atoms with E-state index in [0.29, 0.717) is 0 Å². The van der Waals surface area contributed by atoms with Gasteiger partial charge in [-0.3, -0.25) is 14.5 Å². The number of nitriles is 1. The fourth-order valence-electron chi connectivity index (χ4n) is 2.10. The number of amides is 2. The number of hydrogen-bond acceptors (Lipinski definition) is 3. The van der Waals surface area contributed by atoms with Crippen LogP contribution in [0.1, 0.15) is 31.4 Å². The van der Waals surface area contributed by atoms with Gasteiger partial charge in [0.2, 0.25) is 11.8 Å². The summed E-state index contributed by atoms with van der Waals surface area (Å²) in [5, 5.41) is 8.65. The first kappa shape index (κ1) is 13.2. The lowest BCUT2D eigenvalue weighted by atomic mass is 9.92. The molecule has 5 heteroatoms. The highest BCUT2D eigenvalue weighted by molar-refractivity contribution is 6.05. The van der Waals surface area contributed by atoms with Crippen molar-refractivity contribution in [2.45, 2.75) is 26.8 Å². The molecular weight excluding hydrogens is 247 g/mol. The van der Waals surface area contributed by atoms with Gasteiger partial charge in [0.25, 0.3) is 0 Å². The predicted molar refractivity (Wildman–Crippen MR) is 65.1 cm³/mol. The van der Waals surface area contributed by atoms with Crippen molar-refractivity contribution >= 4 is 11.8 Å². The molecule has 1 heterocycles. The molecule has 0 aliphatic carbocycles. The molecule has 2 rings (SSSR count). The normalized spacial score (nSPS) is 17.7. The zero-order chi connectivity index (χ0) is 14.2. The Kier molecular flexibility index (Phi) is 3.11. The van der Waals surface area contributed by atoms with Crippen LogP contribution >= 0.6 is 0 Å². The third kappa shape index (κ3) is 2.34. The minimum Gasteiger partial charge on any atom is -0.278 e. The zero-order valence-electron chi connectivity index (χ0n) is 10.7. The van der Waals surface area contributed by atoms with Crippen molar-refractivity contribution in [2.75, 3.05) is 0 Å². The van der Waals surface area contributed by atoms with E-state index >= 15 is 0 Å². The Morgan fingerprint density at radius 2 is 2.11 bits per heavy atom. The van der Waals surface area contributed by atoms with Crippen molar-refractivity contribution < 1.29 is 14.0 Å². The highest BCUT2D eigenvalue weighted by Gasteiger charge is 2.44. The molecule has 0 radical (unpaired) electrons. The van der Waals surface area contributed by atoms with Crippen LogP contribution in [0.3, 0.4) is 0 Å². The molecule has 19 heavy (non-hydrogen) atoms. The molecule has 0 atom stereocenters. The zero-order valence-corrected chi connectivity index (χ0v) is 10.7. The second kappa shape index (κ2) is 4.47. The van der Waals surface area contributed by atoms with Crippen molar-refractivity contribution in [3.63, 3.8) is 0 Å². The number of benzene rings is 1. The molecule has 0 saturated carbocycles. The van der Waals surface area contributed by atoms with Crippen LogP contribution in [0, 0.1) is 22.6 Å². The Hall–Kier alpha value is -2.22. The van der Waals surface area contributed by atoms with E-state index in [1.807, 2.05) is 6.07 Å². The number of carbonyl (C=O) groups is 2. The molecule has 0 N–H and O–H groups in total. The summed E-state index contributed by atoms with van der Waals surface area (Å²) in [5.41, 5.74) is -0.278. The number of carbonyl (C=O) groups excluding carboxylic acids is 2. The molecule has 4 nitrogen and oxygen atoms in total. The van der Waals surface area contributed by atoms with Crippen LogP contribution in [0.25, 0.3) is 0 Å². The average Bonchev–Trinajstić information content (AvgIpc) is 2.53. The predicted octanol–water partition coefficient (Wildman–Crippen LogP) is 1.98. The first-order valence-corrected chi connectivity index (χ1v) is 5.88. The van der Waals surface area contributed by atoms with Crippen LogP contribution in [0.2, 0.25) is 0 Å². The summed E-state index contributed by atoms with van der Waals surface area (Å²) in [6, 6.07) is 5.83. The van der Waals surface area contributed by atoms with E-state index in [2.05, 4.69) is 0 Å². The Balaban J connectivity index is 2.25. The summed E-state index contributed by atoms with van der Waals surface area (Å²) in [7, 11) is 0. The topological polar surface area (TPSA) is 61.2 Å². The SMILES string of the molecule is CC1(C)CC(=O)N(Cc2ccc(C#N)cc2F)C1=O. The highest BCUT2D eigenvalue weighted by atomic mass is 19.1. The molecule has 1 saturated heterocycles. The summed E-state index contributed by atoms with van der Waals surface area (Å²) in [6.07, 6.45) is 0.143. The van der Waals surface area contributed by atoms with Crippen LogP contribution in [-0.4, -0.2) is 16.7 Å². The lowest BCUT2D eigenvalue weighted by molar-refractivity contribution is -0.141. The van der Waals surface area contributed by atoms with Crippen molar-refractivity contribution in [3.05, 3.63) is 35.1 Å². The molecule has 0 bridgehead atoms. The smallest absolute Gasteiger partial charge is 0.235 e. The second-order valence-corrected chi connectivity index (χ2v) is 5.26. The monoisotopic (exact) mass is 260 g/mol. The van der Waals surface area contributed by atoms with Gasteiger partial charge in [-0.2, -0.15) is 5.26 Å². The highest BCUT2D eigenvalue weighted by Crippen LogP contribution is 2.32. The van der Waals surface area contributed by atoms with Gasteiger partial charge in [0.1, 0.15) is 5.82 Å². The largest absolute Gasteiger partial charge is 0.278 e. The van der Waals surface area contributed by atoms with Gasteiger partial charge in [-0.15, -0.1) is 0 Å². The van der Waals surface area contributed by atoms with Crippen molar-refractivity contribution in [1.29, 1.82) is 5.26 Å². The molecule has 1 aromatic rings. The molecule has 1 aliphatic rings. The quantitative estimate of drug-likeness (QED) is 0.764. The number of rotatable bonds is 2. The number of likely N-dealkylation sites (tertiary alicyclic amines) is 1. The van der Waals surface area contributed by atoms with Gasteiger partial charge in [0.15, 0.2) is 0 Å². The minimum atomic E-state index is -0.722. The van der Waals surface area contributed by atoms with Gasteiger partial charge in [-0.05, 0) is 12.1 Å². The van der Waals surface area contributed by atoms with E-state index in [0.717, 1.165) is 11.0 Å². The van der Waals surface area contributed by atoms with Crippen molar-refractivity contribution in [1.82, 2.24) is 4.90 Å². The maximum absolute atomic E-state index is 13.7. The number of imide groups is 1. The van der Waals surface area contributed by atoms with E-state index in [-0.39, 0.29) is 35.9 Å². The van der Waals surface area contributed by atoms with Gasteiger partial charge in [0, 0.05) is 12.0 Å². The Labute approximate surface area is 110 Å². The Morgan fingerprint density at radius 3 is 2.58 bits per heavy atom. The van der Waals surface area contributed by atoms with E-state index in [9.17, 15) is 14.0 Å². The summed E-state index contributed by atoms with van der Waals surface area (Å²) in [6.45, 7) is 3.31. The van der Waals surface area contributed by atoms with E-state index in [1.54, 1.807) is 13.8 Å². The van der Waals surface area contributed by atoms with E-state index in [4.69, 9.17) is 5.26 Å². The third-order valence-electron chi connectivity index (χ3n) is 3.23. The van der Waals surface area contributed by atoms with Crippen LogP contribution < -0.4 is 0 Å². The first-order chi connectivity index (χ1) is 8.85. The van der Waals surface area contributed by atoms with E-state index in [1.165, 1.54) is 12.1 Å². The van der Waals surface area contributed by atoms with Gasteiger partial charge < -0.3 is 0 Å². The Bertz CT molecular complexity index is 602. The molecule has 1 aliphatic heterocycles. The number of nitrogens with zero attached hydrogens (tertiary/aromatic N) is 2. The van der Waals surface area contributed by atoms with Gasteiger partial charge >= 0.3 is 0 Å². The second-order valence-electron chi connectivity index (χ2n) is 5.26. The molecule has 0 unspecified atom stereocenters. The van der Waals surface area contributed by atoms with Gasteiger partial charge in [-0.1, -0.05) is 19.9 Å². The molecular formula is C14H13FN2O2. The maximum atomic E-state index is 13.7. The van der Waals surface area contributed by atoms with Crippen LogP contribution in [-0.2, 0) is 16.1 Å². The van der Waals surface area contributed by atoms with E-state index < -0.39 is 11.2 Å². The fourth-order valence-corrected chi connectivity index (χ4v) is 2.10. The summed E-state index contributed by atoms with van der Waals surface area (Å²) in [5.74, 6) is -1.16. The minimum absolute atomic E-state index is 0.0847. The lowest BCUT2D eigenvalue weighted by Gasteiger charge is -2.18. The van der Waals surface area contributed by atoms with Gasteiger partial charge in [0.05, 0.1) is 23.6 Å². The van der Waals surface area contributed by atoms with Crippen LogP contribution in [0.4, 0.5) is 4.39 Å². The lowest BCUT2D eigenvalue weighted by Crippen LogP contribution is -2.32. The summed E-state index contributed by atoms with van der Waals surface area (Å²) in [4.78, 5) is 24.8. The standard InChI is InChI=1S/C14H13FN2O2/c1-14(2)6-12(18)17(13(14)19)8-10-4-3-9(7-16)5-11(10)15/h3-5H,6,8H2,1-2H3. The average molecular weight is 260 g/mol. The fraction of sp³-hybridized carbons (Fsp3) is 0.357. The molecule has 2 amide bonds.